The second-order valence-corrected chi connectivity index (χ2v) is 12.6. The third-order valence-corrected chi connectivity index (χ3v) is 9.74. The van der Waals surface area contributed by atoms with Gasteiger partial charge in [0.15, 0.2) is 0 Å². The van der Waals surface area contributed by atoms with Gasteiger partial charge in [0.05, 0.1) is 10.9 Å². The van der Waals surface area contributed by atoms with Crippen molar-refractivity contribution in [2.24, 2.45) is 0 Å². The van der Waals surface area contributed by atoms with E-state index in [-0.39, 0.29) is 22.5 Å². The summed E-state index contributed by atoms with van der Waals surface area (Å²) in [5.41, 5.74) is 1.92. The van der Waals surface area contributed by atoms with Gasteiger partial charge in [0.2, 0.25) is 27.5 Å². The summed E-state index contributed by atoms with van der Waals surface area (Å²) in [6, 6.07) is 16.6. The van der Waals surface area contributed by atoms with Gasteiger partial charge in [-0.1, -0.05) is 43.0 Å². The van der Waals surface area contributed by atoms with Crippen LogP contribution in [0.25, 0.3) is 11.5 Å². The van der Waals surface area contributed by atoms with Gasteiger partial charge in [-0.05, 0) is 80.7 Å². The van der Waals surface area contributed by atoms with Crippen LogP contribution in [0, 0.1) is 11.3 Å². The first kappa shape index (κ1) is 27.7. The number of piperidine rings is 1. The van der Waals surface area contributed by atoms with E-state index in [1.807, 2.05) is 24.3 Å². The Morgan fingerprint density at radius 3 is 2.18 bits per heavy atom. The molecule has 10 heteroatoms. The summed E-state index contributed by atoms with van der Waals surface area (Å²) in [6.45, 7) is 3.67. The van der Waals surface area contributed by atoms with Gasteiger partial charge < -0.3 is 9.73 Å². The molecule has 0 saturated carbocycles. The van der Waals surface area contributed by atoms with Gasteiger partial charge >= 0.3 is 0 Å². The molecule has 3 heterocycles. The predicted octanol–water partition coefficient (Wildman–Crippen LogP) is 6.07. The fourth-order valence-corrected chi connectivity index (χ4v) is 7.04. The van der Waals surface area contributed by atoms with E-state index in [1.54, 1.807) is 28.6 Å². The Morgan fingerprint density at radius 2 is 1.54 bits per heavy atom. The van der Waals surface area contributed by atoms with Crippen molar-refractivity contribution in [1.29, 1.82) is 5.26 Å². The van der Waals surface area contributed by atoms with Crippen molar-refractivity contribution in [3.8, 4) is 17.5 Å². The molecular weight excluding hydrogens is 534 g/mol. The van der Waals surface area contributed by atoms with E-state index >= 15 is 0 Å². The fourth-order valence-electron chi connectivity index (χ4n) is 5.40. The molecule has 1 N–H and O–H groups in total. The number of nitriles is 1. The normalized spacial score (nSPS) is 18.3. The zero-order valence-corrected chi connectivity index (χ0v) is 23.6. The van der Waals surface area contributed by atoms with Crippen LogP contribution in [-0.4, -0.2) is 55.3 Å². The van der Waals surface area contributed by atoms with Crippen LogP contribution in [0.15, 0.2) is 57.8 Å². The van der Waals surface area contributed by atoms with Crippen LogP contribution in [0.4, 0.5) is 5.88 Å². The molecule has 206 valence electrons. The molecule has 5 rings (SSSR count). The minimum absolute atomic E-state index is 0.0890. The zero-order valence-electron chi connectivity index (χ0n) is 22.0. The topological polar surface area (TPSA) is 102 Å². The Morgan fingerprint density at radius 1 is 0.923 bits per heavy atom. The van der Waals surface area contributed by atoms with E-state index in [0.29, 0.717) is 36.1 Å². The number of anilines is 1. The standard InChI is InChI=1S/C29H34ClN5O3S/c30-24-12-8-22(9-13-24)27(34-16-4-3-5-17-34)21-32-29-26(20-31)33-28(38-29)23-10-14-25(15-11-23)39(36,37)35-18-6-1-2-7-19-35/h8-15,27,32H,1-7,16-19,21H2. The number of oxazole rings is 1. The van der Waals surface area contributed by atoms with Gasteiger partial charge in [0.1, 0.15) is 6.07 Å². The molecule has 2 fully saturated rings. The zero-order chi connectivity index (χ0) is 27.2. The molecule has 1 aromatic heterocycles. The first-order chi connectivity index (χ1) is 19.0. The smallest absolute Gasteiger partial charge is 0.243 e. The number of aromatic nitrogens is 1. The third-order valence-electron chi connectivity index (χ3n) is 7.58. The molecule has 2 aromatic carbocycles. The summed E-state index contributed by atoms with van der Waals surface area (Å²) in [7, 11) is -3.55. The number of hydrogen-bond acceptors (Lipinski definition) is 7. The Bertz CT molecular complexity index is 1390. The number of halogens is 1. The highest BCUT2D eigenvalue weighted by Crippen LogP contribution is 2.30. The highest BCUT2D eigenvalue weighted by Gasteiger charge is 2.26. The number of rotatable bonds is 8. The molecule has 2 aliphatic rings. The minimum Gasteiger partial charge on any atom is -0.419 e. The predicted molar refractivity (Wildman–Crippen MR) is 152 cm³/mol. The molecule has 0 bridgehead atoms. The molecular formula is C29H34ClN5O3S. The van der Waals surface area contributed by atoms with Crippen LogP contribution < -0.4 is 5.32 Å². The van der Waals surface area contributed by atoms with Crippen LogP contribution in [0.1, 0.15) is 62.2 Å². The number of sulfonamides is 1. The largest absolute Gasteiger partial charge is 0.419 e. The van der Waals surface area contributed by atoms with Gasteiger partial charge in [-0.15, -0.1) is 0 Å². The molecule has 39 heavy (non-hydrogen) atoms. The molecule has 2 saturated heterocycles. The van der Waals surface area contributed by atoms with Gasteiger partial charge in [0.25, 0.3) is 0 Å². The summed E-state index contributed by atoms with van der Waals surface area (Å²) < 4.78 is 33.8. The van der Waals surface area contributed by atoms with Gasteiger partial charge in [-0.25, -0.2) is 8.42 Å². The highest BCUT2D eigenvalue weighted by molar-refractivity contribution is 7.89. The van der Waals surface area contributed by atoms with E-state index in [0.717, 1.165) is 57.2 Å². The summed E-state index contributed by atoms with van der Waals surface area (Å²) in [5.74, 6) is 0.582. The van der Waals surface area contributed by atoms with Crippen LogP contribution >= 0.6 is 11.6 Å². The van der Waals surface area contributed by atoms with Crippen molar-refractivity contribution in [2.75, 3.05) is 38.0 Å². The summed E-state index contributed by atoms with van der Waals surface area (Å²) in [4.78, 5) is 7.09. The van der Waals surface area contributed by atoms with Crippen molar-refractivity contribution in [2.45, 2.75) is 55.9 Å². The number of hydrogen-bond donors (Lipinski definition) is 1. The maximum absolute atomic E-state index is 13.1. The summed E-state index contributed by atoms with van der Waals surface area (Å²) >= 11 is 6.13. The quantitative estimate of drug-likeness (QED) is 0.352. The molecule has 0 aliphatic carbocycles. The number of nitrogens with zero attached hydrogens (tertiary/aromatic N) is 4. The number of benzene rings is 2. The molecule has 3 aromatic rings. The molecule has 0 spiro atoms. The first-order valence-electron chi connectivity index (χ1n) is 13.7. The number of nitrogens with one attached hydrogen (secondary N) is 1. The monoisotopic (exact) mass is 567 g/mol. The fraction of sp³-hybridized carbons (Fsp3) is 0.448. The lowest BCUT2D eigenvalue weighted by Crippen LogP contribution is -2.37. The van der Waals surface area contributed by atoms with Gasteiger partial charge in [0, 0.05) is 30.2 Å². The van der Waals surface area contributed by atoms with Crippen molar-refractivity contribution >= 4 is 27.5 Å². The SMILES string of the molecule is N#Cc1nc(-c2ccc(S(=O)(=O)N3CCCCCC3)cc2)oc1NCC(c1ccc(Cl)cc1)N1CCCCC1. The van der Waals surface area contributed by atoms with E-state index in [1.165, 1.54) is 6.42 Å². The van der Waals surface area contributed by atoms with Crippen LogP contribution in [0.2, 0.25) is 5.02 Å². The average Bonchev–Trinajstić information content (AvgIpc) is 3.17. The average molecular weight is 568 g/mol. The van der Waals surface area contributed by atoms with Crippen molar-refractivity contribution in [3.63, 3.8) is 0 Å². The molecule has 1 unspecified atom stereocenters. The van der Waals surface area contributed by atoms with Crippen molar-refractivity contribution in [1.82, 2.24) is 14.2 Å². The van der Waals surface area contributed by atoms with Crippen LogP contribution in [-0.2, 0) is 10.0 Å². The van der Waals surface area contributed by atoms with E-state index in [9.17, 15) is 13.7 Å². The van der Waals surface area contributed by atoms with Crippen molar-refractivity contribution < 1.29 is 12.8 Å². The lowest BCUT2D eigenvalue weighted by Gasteiger charge is -2.35. The van der Waals surface area contributed by atoms with Gasteiger partial charge in [-0.2, -0.15) is 14.6 Å². The number of likely N-dealkylation sites (tertiary alicyclic amines) is 1. The Labute approximate surface area is 235 Å². The summed E-state index contributed by atoms with van der Waals surface area (Å²) in [6.07, 6.45) is 7.44. The minimum atomic E-state index is -3.55. The molecule has 1 atom stereocenters. The Kier molecular flexibility index (Phi) is 8.88. The molecule has 2 aliphatic heterocycles. The molecule has 8 nitrogen and oxygen atoms in total. The Hall–Kier alpha value is -2.90. The second kappa shape index (κ2) is 12.5. The third kappa shape index (κ3) is 6.47. The van der Waals surface area contributed by atoms with Gasteiger partial charge in [-0.3, -0.25) is 4.90 Å². The highest BCUT2D eigenvalue weighted by atomic mass is 35.5. The van der Waals surface area contributed by atoms with Crippen LogP contribution in [0.3, 0.4) is 0 Å². The van der Waals surface area contributed by atoms with E-state index in [2.05, 4.69) is 21.3 Å². The van der Waals surface area contributed by atoms with E-state index in [4.69, 9.17) is 16.0 Å². The van der Waals surface area contributed by atoms with Crippen LogP contribution in [0.5, 0.6) is 0 Å². The maximum Gasteiger partial charge on any atom is 0.243 e. The first-order valence-corrected chi connectivity index (χ1v) is 15.5. The van der Waals surface area contributed by atoms with E-state index < -0.39 is 10.0 Å². The lowest BCUT2D eigenvalue weighted by molar-refractivity contribution is 0.170. The van der Waals surface area contributed by atoms with Crippen molar-refractivity contribution in [3.05, 3.63) is 64.8 Å². The summed E-state index contributed by atoms with van der Waals surface area (Å²) in [5, 5.41) is 13.8. The maximum atomic E-state index is 13.1. The molecule has 0 amide bonds. The lowest BCUT2D eigenvalue weighted by atomic mass is 10.0. The Balaban J connectivity index is 1.33. The molecule has 0 radical (unpaired) electrons. The second-order valence-electron chi connectivity index (χ2n) is 10.2.